The Morgan fingerprint density at radius 1 is 1.03 bits per heavy atom. The number of carbonyl (C=O) groups excluding carboxylic acids is 1. The van der Waals surface area contributed by atoms with Gasteiger partial charge >= 0.3 is 5.97 Å². The lowest BCUT2D eigenvalue weighted by atomic mass is 9.95. The maximum absolute atomic E-state index is 14.9. The second-order valence-corrected chi connectivity index (χ2v) is 9.17. The normalized spacial score (nSPS) is 12.1. The van der Waals surface area contributed by atoms with E-state index in [0.29, 0.717) is 12.1 Å². The number of aromatic nitrogens is 1. The van der Waals surface area contributed by atoms with Crippen LogP contribution in [0.1, 0.15) is 54.0 Å². The van der Waals surface area contributed by atoms with Crippen LogP contribution in [0, 0.1) is 12.7 Å². The van der Waals surface area contributed by atoms with Crippen molar-refractivity contribution >= 4 is 16.9 Å². The number of rotatable bonds is 8. The van der Waals surface area contributed by atoms with Gasteiger partial charge in [-0.05, 0) is 86.3 Å². The third-order valence-corrected chi connectivity index (χ3v) is 6.05. The molecule has 0 aliphatic heterocycles. The average Bonchev–Trinajstić information content (AvgIpc) is 2.87. The molecule has 5 nitrogen and oxygen atoms in total. The Hall–Kier alpha value is -3.77. The SMILES string of the molecule is COc1cccc(CNC(C)c2cc(-c3cc(C)c(F)c(C(=O)OC(C)C)c3)c3ccccc3n2)c1. The zero-order chi connectivity index (χ0) is 25.8. The van der Waals surface area contributed by atoms with Gasteiger partial charge in [-0.1, -0.05) is 30.3 Å². The summed E-state index contributed by atoms with van der Waals surface area (Å²) in [7, 11) is 1.65. The number of ether oxygens (including phenoxy) is 2. The summed E-state index contributed by atoms with van der Waals surface area (Å²) in [6.07, 6.45) is -0.342. The van der Waals surface area contributed by atoms with Crippen molar-refractivity contribution in [3.63, 3.8) is 0 Å². The van der Waals surface area contributed by atoms with E-state index in [1.54, 1.807) is 40.0 Å². The molecule has 0 bridgehead atoms. The fourth-order valence-electron chi connectivity index (χ4n) is 4.17. The summed E-state index contributed by atoms with van der Waals surface area (Å²) >= 11 is 0. The summed E-state index contributed by atoms with van der Waals surface area (Å²) in [6, 6.07) is 21.0. The van der Waals surface area contributed by atoms with Crippen LogP contribution in [0.5, 0.6) is 5.75 Å². The van der Waals surface area contributed by atoms with Crippen molar-refractivity contribution in [3.05, 3.63) is 94.9 Å². The van der Waals surface area contributed by atoms with Crippen LogP contribution in [0.3, 0.4) is 0 Å². The first kappa shape index (κ1) is 25.3. The monoisotopic (exact) mass is 486 g/mol. The Kier molecular flexibility index (Phi) is 7.65. The van der Waals surface area contributed by atoms with E-state index in [-0.39, 0.29) is 17.7 Å². The van der Waals surface area contributed by atoms with Crippen molar-refractivity contribution in [2.75, 3.05) is 7.11 Å². The molecule has 0 saturated heterocycles. The summed E-state index contributed by atoms with van der Waals surface area (Å²) < 4.78 is 25.5. The molecule has 0 aliphatic carbocycles. The number of halogens is 1. The number of para-hydroxylation sites is 1. The molecule has 1 N–H and O–H groups in total. The average molecular weight is 487 g/mol. The second-order valence-electron chi connectivity index (χ2n) is 9.17. The van der Waals surface area contributed by atoms with E-state index in [1.807, 2.05) is 54.6 Å². The highest BCUT2D eigenvalue weighted by atomic mass is 19.1. The van der Waals surface area contributed by atoms with Gasteiger partial charge in [-0.15, -0.1) is 0 Å². The molecule has 36 heavy (non-hydrogen) atoms. The number of benzene rings is 3. The first-order chi connectivity index (χ1) is 17.3. The molecule has 186 valence electrons. The number of pyridine rings is 1. The molecule has 0 spiro atoms. The summed E-state index contributed by atoms with van der Waals surface area (Å²) in [5, 5.41) is 4.46. The molecule has 3 aromatic carbocycles. The van der Waals surface area contributed by atoms with E-state index in [9.17, 15) is 9.18 Å². The first-order valence-electron chi connectivity index (χ1n) is 12.0. The maximum Gasteiger partial charge on any atom is 0.341 e. The quantitative estimate of drug-likeness (QED) is 0.278. The minimum absolute atomic E-state index is 0.0634. The summed E-state index contributed by atoms with van der Waals surface area (Å²) in [5.41, 5.74) is 4.72. The zero-order valence-corrected chi connectivity index (χ0v) is 21.3. The third-order valence-electron chi connectivity index (χ3n) is 6.05. The van der Waals surface area contributed by atoms with Gasteiger partial charge in [0.25, 0.3) is 0 Å². The van der Waals surface area contributed by atoms with E-state index < -0.39 is 11.8 Å². The number of nitrogens with one attached hydrogen (secondary N) is 1. The lowest BCUT2D eigenvalue weighted by Gasteiger charge is -2.18. The predicted octanol–water partition coefficient (Wildman–Crippen LogP) is 6.77. The number of hydrogen-bond acceptors (Lipinski definition) is 5. The molecular formula is C30H31FN2O3. The molecule has 0 radical (unpaired) electrons. The van der Waals surface area contributed by atoms with Crippen LogP contribution in [0.2, 0.25) is 0 Å². The van der Waals surface area contributed by atoms with E-state index in [1.165, 1.54) is 0 Å². The molecule has 0 saturated carbocycles. The van der Waals surface area contributed by atoms with Gasteiger partial charge < -0.3 is 14.8 Å². The number of esters is 1. The van der Waals surface area contributed by atoms with Crippen LogP contribution in [0.4, 0.5) is 4.39 Å². The Morgan fingerprint density at radius 3 is 2.56 bits per heavy atom. The Bertz CT molecular complexity index is 1400. The van der Waals surface area contributed by atoms with E-state index in [2.05, 4.69) is 12.2 Å². The lowest BCUT2D eigenvalue weighted by Crippen LogP contribution is -2.19. The van der Waals surface area contributed by atoms with Gasteiger partial charge in [0.2, 0.25) is 0 Å². The smallest absolute Gasteiger partial charge is 0.341 e. The lowest BCUT2D eigenvalue weighted by molar-refractivity contribution is 0.0372. The van der Waals surface area contributed by atoms with Crippen LogP contribution < -0.4 is 10.1 Å². The number of carbonyl (C=O) groups is 1. The standard InChI is InChI=1S/C30H31FN2O3/c1-18(2)36-30(34)26-15-22(13-19(3)29(26)31)25-16-28(33-27-12-7-6-11-24(25)27)20(4)32-17-21-9-8-10-23(14-21)35-5/h6-16,18,20,32H,17H2,1-5H3. The van der Waals surface area contributed by atoms with Gasteiger partial charge in [0.15, 0.2) is 0 Å². The highest BCUT2D eigenvalue weighted by Gasteiger charge is 2.20. The molecule has 1 unspecified atom stereocenters. The third kappa shape index (κ3) is 5.55. The van der Waals surface area contributed by atoms with Crippen LogP contribution >= 0.6 is 0 Å². The molecular weight excluding hydrogens is 455 g/mol. The Balaban J connectivity index is 1.73. The summed E-state index contributed by atoms with van der Waals surface area (Å²) in [4.78, 5) is 17.5. The van der Waals surface area contributed by atoms with Crippen molar-refractivity contribution in [1.82, 2.24) is 10.3 Å². The van der Waals surface area contributed by atoms with Crippen LogP contribution in [-0.4, -0.2) is 24.2 Å². The van der Waals surface area contributed by atoms with Crippen molar-refractivity contribution < 1.29 is 18.7 Å². The topological polar surface area (TPSA) is 60.5 Å². The van der Waals surface area contributed by atoms with E-state index >= 15 is 0 Å². The minimum atomic E-state index is -0.667. The number of hydrogen-bond donors (Lipinski definition) is 1. The maximum atomic E-state index is 14.9. The molecule has 4 rings (SSSR count). The van der Waals surface area contributed by atoms with Gasteiger partial charge in [-0.25, -0.2) is 9.18 Å². The van der Waals surface area contributed by atoms with E-state index in [0.717, 1.165) is 39.0 Å². The Labute approximate surface area is 211 Å². The minimum Gasteiger partial charge on any atom is -0.497 e. The molecule has 6 heteroatoms. The highest BCUT2D eigenvalue weighted by molar-refractivity contribution is 5.97. The van der Waals surface area contributed by atoms with Crippen molar-refractivity contribution in [3.8, 4) is 16.9 Å². The van der Waals surface area contributed by atoms with Crippen molar-refractivity contribution in [2.45, 2.75) is 46.4 Å². The van der Waals surface area contributed by atoms with Gasteiger partial charge in [0.05, 0.1) is 30.0 Å². The van der Waals surface area contributed by atoms with Crippen molar-refractivity contribution in [2.24, 2.45) is 0 Å². The fraction of sp³-hybridized carbons (Fsp3) is 0.267. The molecule has 1 atom stereocenters. The number of aryl methyl sites for hydroxylation is 1. The molecule has 4 aromatic rings. The number of fused-ring (bicyclic) bond motifs is 1. The van der Waals surface area contributed by atoms with Crippen molar-refractivity contribution in [1.29, 1.82) is 0 Å². The molecule has 1 aromatic heterocycles. The largest absolute Gasteiger partial charge is 0.497 e. The fourth-order valence-corrected chi connectivity index (χ4v) is 4.17. The van der Waals surface area contributed by atoms with Gasteiger partial charge in [0.1, 0.15) is 11.6 Å². The Morgan fingerprint density at radius 2 is 1.81 bits per heavy atom. The van der Waals surface area contributed by atoms with Crippen LogP contribution in [-0.2, 0) is 11.3 Å². The zero-order valence-electron chi connectivity index (χ0n) is 21.3. The number of nitrogens with zero attached hydrogens (tertiary/aromatic N) is 1. The van der Waals surface area contributed by atoms with Gasteiger partial charge in [-0.2, -0.15) is 0 Å². The van der Waals surface area contributed by atoms with Gasteiger partial charge in [0, 0.05) is 18.0 Å². The predicted molar refractivity (Wildman–Crippen MR) is 141 cm³/mol. The van der Waals surface area contributed by atoms with Crippen LogP contribution in [0.15, 0.2) is 66.7 Å². The second kappa shape index (κ2) is 10.9. The highest BCUT2D eigenvalue weighted by Crippen LogP contribution is 2.33. The van der Waals surface area contributed by atoms with Gasteiger partial charge in [-0.3, -0.25) is 4.98 Å². The van der Waals surface area contributed by atoms with Crippen LogP contribution in [0.25, 0.3) is 22.0 Å². The first-order valence-corrected chi connectivity index (χ1v) is 12.0. The molecule has 0 fully saturated rings. The number of methoxy groups -OCH3 is 1. The van der Waals surface area contributed by atoms with E-state index in [4.69, 9.17) is 14.5 Å². The molecule has 1 heterocycles. The summed E-state index contributed by atoms with van der Waals surface area (Å²) in [5.74, 6) is -0.415. The summed E-state index contributed by atoms with van der Waals surface area (Å²) in [6.45, 7) is 7.85. The molecule has 0 aliphatic rings. The molecule has 0 amide bonds.